The average molecular weight is 210 g/mol. The third-order valence-corrected chi connectivity index (χ3v) is 3.18. The van der Waals surface area contributed by atoms with Gasteiger partial charge in [0.15, 0.2) is 0 Å². The van der Waals surface area contributed by atoms with Crippen LogP contribution in [0, 0.1) is 5.92 Å². The zero-order valence-electron chi connectivity index (χ0n) is 9.76. The van der Waals surface area contributed by atoms with Crippen LogP contribution in [0.15, 0.2) is 12.2 Å². The fourth-order valence-corrected chi connectivity index (χ4v) is 2.08. The van der Waals surface area contributed by atoms with Gasteiger partial charge in [-0.25, -0.2) is 4.79 Å². The lowest BCUT2D eigenvalue weighted by atomic mass is 10.0. The molecular weight excluding hydrogens is 188 g/mol. The van der Waals surface area contributed by atoms with Crippen LogP contribution in [0.3, 0.4) is 0 Å². The minimum absolute atomic E-state index is 0.219. The van der Waals surface area contributed by atoms with Crippen molar-refractivity contribution in [2.24, 2.45) is 5.92 Å². The second-order valence-electron chi connectivity index (χ2n) is 4.39. The summed E-state index contributed by atoms with van der Waals surface area (Å²) >= 11 is 0. The van der Waals surface area contributed by atoms with Crippen LogP contribution < -0.4 is 0 Å². The summed E-state index contributed by atoms with van der Waals surface area (Å²) in [7, 11) is 0. The summed E-state index contributed by atoms with van der Waals surface area (Å²) < 4.78 is 5.12. The normalized spacial score (nSPS) is 16.6. The summed E-state index contributed by atoms with van der Waals surface area (Å²) in [6, 6.07) is 0. The number of rotatable bonds is 6. The molecule has 1 rings (SSSR count). The standard InChI is InChI=1S/C13H22O2/c1-3-11(2)13(14)15-10-6-9-12-7-4-5-8-12/h12H,2-10H2,1H3. The first kappa shape index (κ1) is 12.3. The highest BCUT2D eigenvalue weighted by molar-refractivity contribution is 5.87. The number of carbonyl (C=O) groups is 1. The molecule has 0 heterocycles. The van der Waals surface area contributed by atoms with E-state index in [1.807, 2.05) is 6.92 Å². The minimum atomic E-state index is -0.219. The van der Waals surface area contributed by atoms with Crippen molar-refractivity contribution in [3.05, 3.63) is 12.2 Å². The van der Waals surface area contributed by atoms with Crippen LogP contribution in [0.1, 0.15) is 51.9 Å². The molecule has 0 N–H and O–H groups in total. The van der Waals surface area contributed by atoms with Gasteiger partial charge in [-0.3, -0.25) is 0 Å². The third-order valence-electron chi connectivity index (χ3n) is 3.18. The molecule has 1 aliphatic carbocycles. The van der Waals surface area contributed by atoms with E-state index in [0.29, 0.717) is 18.6 Å². The first-order valence-corrected chi connectivity index (χ1v) is 6.09. The van der Waals surface area contributed by atoms with E-state index >= 15 is 0 Å². The Morgan fingerprint density at radius 2 is 2.07 bits per heavy atom. The molecule has 86 valence electrons. The Labute approximate surface area is 92.7 Å². The Hall–Kier alpha value is -0.790. The van der Waals surface area contributed by atoms with E-state index in [0.717, 1.165) is 12.3 Å². The van der Waals surface area contributed by atoms with Crippen molar-refractivity contribution >= 4 is 5.97 Å². The molecule has 0 amide bonds. The van der Waals surface area contributed by atoms with E-state index in [1.54, 1.807) is 0 Å². The molecule has 0 spiro atoms. The molecule has 1 aliphatic rings. The number of esters is 1. The molecule has 0 radical (unpaired) electrons. The smallest absolute Gasteiger partial charge is 0.333 e. The SMILES string of the molecule is C=C(CC)C(=O)OCCCC1CCCC1. The lowest BCUT2D eigenvalue weighted by Crippen LogP contribution is -2.08. The highest BCUT2D eigenvalue weighted by atomic mass is 16.5. The number of ether oxygens (including phenoxy) is 1. The summed E-state index contributed by atoms with van der Waals surface area (Å²) in [6.07, 6.45) is 8.42. The highest BCUT2D eigenvalue weighted by Crippen LogP contribution is 2.28. The van der Waals surface area contributed by atoms with E-state index in [-0.39, 0.29) is 5.97 Å². The highest BCUT2D eigenvalue weighted by Gasteiger charge is 2.14. The van der Waals surface area contributed by atoms with E-state index in [1.165, 1.54) is 32.1 Å². The fraction of sp³-hybridized carbons (Fsp3) is 0.769. The maximum Gasteiger partial charge on any atom is 0.333 e. The van der Waals surface area contributed by atoms with Crippen molar-refractivity contribution in [3.8, 4) is 0 Å². The topological polar surface area (TPSA) is 26.3 Å². The van der Waals surface area contributed by atoms with E-state index in [2.05, 4.69) is 6.58 Å². The fourth-order valence-electron chi connectivity index (χ4n) is 2.08. The molecule has 1 saturated carbocycles. The summed E-state index contributed by atoms with van der Waals surface area (Å²) in [5.41, 5.74) is 0.580. The summed E-state index contributed by atoms with van der Waals surface area (Å²) in [6.45, 7) is 6.14. The number of hydrogen-bond donors (Lipinski definition) is 0. The molecule has 0 aromatic carbocycles. The second-order valence-corrected chi connectivity index (χ2v) is 4.39. The van der Waals surface area contributed by atoms with Crippen LogP contribution in [-0.4, -0.2) is 12.6 Å². The molecule has 0 unspecified atom stereocenters. The quantitative estimate of drug-likeness (QED) is 0.381. The van der Waals surface area contributed by atoms with Crippen LogP contribution in [0.5, 0.6) is 0 Å². The first-order valence-electron chi connectivity index (χ1n) is 6.09. The molecule has 0 aromatic rings. The lowest BCUT2D eigenvalue weighted by molar-refractivity contribution is -0.139. The van der Waals surface area contributed by atoms with E-state index in [4.69, 9.17) is 4.74 Å². The maximum atomic E-state index is 11.2. The Balaban J connectivity index is 2.00. The van der Waals surface area contributed by atoms with Gasteiger partial charge in [-0.2, -0.15) is 0 Å². The van der Waals surface area contributed by atoms with Gasteiger partial charge in [0, 0.05) is 5.57 Å². The van der Waals surface area contributed by atoms with Gasteiger partial charge in [0.2, 0.25) is 0 Å². The van der Waals surface area contributed by atoms with Crippen molar-refractivity contribution in [2.45, 2.75) is 51.9 Å². The van der Waals surface area contributed by atoms with Crippen molar-refractivity contribution in [1.82, 2.24) is 0 Å². The molecule has 15 heavy (non-hydrogen) atoms. The molecule has 1 fully saturated rings. The largest absolute Gasteiger partial charge is 0.462 e. The average Bonchev–Trinajstić information content (AvgIpc) is 2.75. The molecule has 0 saturated heterocycles. The molecule has 2 heteroatoms. The van der Waals surface area contributed by atoms with Crippen LogP contribution >= 0.6 is 0 Å². The number of carbonyl (C=O) groups excluding carboxylic acids is 1. The van der Waals surface area contributed by atoms with Crippen molar-refractivity contribution < 1.29 is 9.53 Å². The number of hydrogen-bond acceptors (Lipinski definition) is 2. The Bertz CT molecular complexity index is 215. The Morgan fingerprint density at radius 3 is 2.67 bits per heavy atom. The Kier molecular flexibility index (Phi) is 5.44. The van der Waals surface area contributed by atoms with Gasteiger partial charge in [-0.15, -0.1) is 0 Å². The van der Waals surface area contributed by atoms with Crippen LogP contribution in [0.25, 0.3) is 0 Å². The predicted molar refractivity (Wildman–Crippen MR) is 61.6 cm³/mol. The summed E-state index contributed by atoms with van der Waals surface area (Å²) in [5.74, 6) is 0.669. The Morgan fingerprint density at radius 1 is 1.40 bits per heavy atom. The predicted octanol–water partition coefficient (Wildman–Crippen LogP) is 3.47. The van der Waals surface area contributed by atoms with E-state index < -0.39 is 0 Å². The van der Waals surface area contributed by atoms with Gasteiger partial charge in [0.05, 0.1) is 6.61 Å². The van der Waals surface area contributed by atoms with Crippen molar-refractivity contribution in [1.29, 1.82) is 0 Å². The second kappa shape index (κ2) is 6.65. The van der Waals surface area contributed by atoms with Crippen LogP contribution in [0.2, 0.25) is 0 Å². The summed E-state index contributed by atoms with van der Waals surface area (Å²) in [4.78, 5) is 11.2. The zero-order valence-corrected chi connectivity index (χ0v) is 9.76. The molecule has 0 bridgehead atoms. The van der Waals surface area contributed by atoms with Gasteiger partial charge < -0.3 is 4.74 Å². The van der Waals surface area contributed by atoms with Gasteiger partial charge in [-0.1, -0.05) is 39.2 Å². The van der Waals surface area contributed by atoms with Gasteiger partial charge >= 0.3 is 5.97 Å². The van der Waals surface area contributed by atoms with Crippen molar-refractivity contribution in [2.75, 3.05) is 6.61 Å². The van der Waals surface area contributed by atoms with Crippen LogP contribution in [0.4, 0.5) is 0 Å². The monoisotopic (exact) mass is 210 g/mol. The minimum Gasteiger partial charge on any atom is -0.462 e. The summed E-state index contributed by atoms with van der Waals surface area (Å²) in [5, 5.41) is 0. The molecule has 0 atom stereocenters. The van der Waals surface area contributed by atoms with Gasteiger partial charge in [0.1, 0.15) is 0 Å². The van der Waals surface area contributed by atoms with Gasteiger partial charge in [0.25, 0.3) is 0 Å². The molecule has 0 aliphatic heterocycles. The third kappa shape index (κ3) is 4.50. The molecular formula is C13H22O2. The maximum absolute atomic E-state index is 11.2. The lowest BCUT2D eigenvalue weighted by Gasteiger charge is -2.09. The van der Waals surface area contributed by atoms with Crippen molar-refractivity contribution in [3.63, 3.8) is 0 Å². The first-order chi connectivity index (χ1) is 7.24. The zero-order chi connectivity index (χ0) is 11.1. The van der Waals surface area contributed by atoms with E-state index in [9.17, 15) is 4.79 Å². The van der Waals surface area contributed by atoms with Gasteiger partial charge in [-0.05, 0) is 25.2 Å². The molecule has 2 nitrogen and oxygen atoms in total. The molecule has 0 aromatic heterocycles. The van der Waals surface area contributed by atoms with Crippen LogP contribution in [-0.2, 0) is 9.53 Å².